The summed E-state index contributed by atoms with van der Waals surface area (Å²) in [5.74, 6) is 0.149. The zero-order valence-corrected chi connectivity index (χ0v) is 24.4. The minimum atomic E-state index is -3.95. The zero-order valence-electron chi connectivity index (χ0n) is 22.8. The van der Waals surface area contributed by atoms with Gasteiger partial charge in [0, 0.05) is 22.9 Å². The van der Waals surface area contributed by atoms with Gasteiger partial charge in [0.25, 0.3) is 10.0 Å². The molecule has 0 fully saturated rings. The standard InChI is InChI=1S/C30H34FN3O3S2/c1-19(2)25-11-6-7-12-26(25)27-28(20-15-21(31)17-23(16-20)37-14-13-30(3,4)5)38-29(33-27)34-39(35,36)24-10-8-9-22(32)18-24/h6-12,15-19H,13-14,32H2,1-5H3,(H,33,34). The van der Waals surface area contributed by atoms with Crippen LogP contribution in [0.4, 0.5) is 15.2 Å². The number of rotatable bonds is 9. The van der Waals surface area contributed by atoms with Crippen LogP contribution in [-0.4, -0.2) is 20.0 Å². The molecule has 0 aliphatic rings. The first-order valence-corrected chi connectivity index (χ1v) is 15.0. The van der Waals surface area contributed by atoms with Crippen molar-refractivity contribution in [3.8, 4) is 27.4 Å². The fraction of sp³-hybridized carbons (Fsp3) is 0.300. The summed E-state index contributed by atoms with van der Waals surface area (Å²) in [6.45, 7) is 11.0. The van der Waals surface area contributed by atoms with Crippen molar-refractivity contribution in [3.05, 3.63) is 78.1 Å². The van der Waals surface area contributed by atoms with E-state index < -0.39 is 15.8 Å². The van der Waals surface area contributed by atoms with Crippen LogP contribution in [0.2, 0.25) is 0 Å². The van der Waals surface area contributed by atoms with Crippen molar-refractivity contribution in [2.45, 2.75) is 51.9 Å². The summed E-state index contributed by atoms with van der Waals surface area (Å²) in [4.78, 5) is 5.38. The van der Waals surface area contributed by atoms with Crippen molar-refractivity contribution >= 4 is 32.2 Å². The molecule has 6 nitrogen and oxygen atoms in total. The molecule has 0 atom stereocenters. The molecule has 0 saturated heterocycles. The first-order valence-electron chi connectivity index (χ1n) is 12.7. The van der Waals surface area contributed by atoms with E-state index in [1.54, 1.807) is 18.2 Å². The summed E-state index contributed by atoms with van der Waals surface area (Å²) in [5, 5.41) is 0.167. The molecule has 0 aliphatic carbocycles. The molecule has 1 heterocycles. The second kappa shape index (κ2) is 11.4. The Kier molecular flexibility index (Phi) is 8.32. The molecule has 0 unspecified atom stereocenters. The van der Waals surface area contributed by atoms with E-state index in [4.69, 9.17) is 15.5 Å². The minimum Gasteiger partial charge on any atom is -0.493 e. The SMILES string of the molecule is CC(C)c1ccccc1-c1nc(NS(=O)(=O)c2cccc(N)c2)sc1-c1cc(F)cc(OCCC(C)(C)C)c1. The maximum absolute atomic E-state index is 14.8. The van der Waals surface area contributed by atoms with Gasteiger partial charge in [0.15, 0.2) is 5.13 Å². The molecule has 0 spiro atoms. The quantitative estimate of drug-likeness (QED) is 0.200. The molecule has 9 heteroatoms. The molecule has 4 rings (SSSR count). The summed E-state index contributed by atoms with van der Waals surface area (Å²) in [5.41, 5.74) is 9.25. The molecule has 0 bridgehead atoms. The largest absolute Gasteiger partial charge is 0.493 e. The van der Waals surface area contributed by atoms with E-state index in [0.717, 1.165) is 28.9 Å². The lowest BCUT2D eigenvalue weighted by Gasteiger charge is -2.18. The lowest BCUT2D eigenvalue weighted by Crippen LogP contribution is -2.13. The van der Waals surface area contributed by atoms with Crippen molar-refractivity contribution in [2.75, 3.05) is 17.1 Å². The van der Waals surface area contributed by atoms with Gasteiger partial charge in [-0.3, -0.25) is 4.72 Å². The highest BCUT2D eigenvalue weighted by atomic mass is 32.2. The van der Waals surface area contributed by atoms with Crippen molar-refractivity contribution in [1.29, 1.82) is 0 Å². The Morgan fingerprint density at radius 1 is 1.05 bits per heavy atom. The minimum absolute atomic E-state index is 0.0312. The van der Waals surface area contributed by atoms with Crippen LogP contribution in [0.15, 0.2) is 71.6 Å². The highest BCUT2D eigenvalue weighted by Gasteiger charge is 2.23. The summed E-state index contributed by atoms with van der Waals surface area (Å²) >= 11 is 1.14. The van der Waals surface area contributed by atoms with E-state index in [0.29, 0.717) is 34.2 Å². The van der Waals surface area contributed by atoms with Crippen LogP contribution in [0.5, 0.6) is 5.75 Å². The van der Waals surface area contributed by atoms with Gasteiger partial charge in [-0.05, 0) is 53.6 Å². The fourth-order valence-electron chi connectivity index (χ4n) is 4.07. The fourth-order valence-corrected chi connectivity index (χ4v) is 6.32. The third-order valence-electron chi connectivity index (χ3n) is 6.11. The van der Waals surface area contributed by atoms with Crippen molar-refractivity contribution < 1.29 is 17.5 Å². The molecule has 0 amide bonds. The smallest absolute Gasteiger partial charge is 0.263 e. The van der Waals surface area contributed by atoms with Gasteiger partial charge in [0.2, 0.25) is 0 Å². The number of nitrogens with one attached hydrogen (secondary N) is 1. The van der Waals surface area contributed by atoms with Crippen LogP contribution in [0.1, 0.15) is 52.5 Å². The third-order valence-corrected chi connectivity index (χ3v) is 8.60. The highest BCUT2D eigenvalue weighted by Crippen LogP contribution is 2.43. The Balaban J connectivity index is 1.80. The number of sulfonamides is 1. The van der Waals surface area contributed by atoms with Gasteiger partial charge >= 0.3 is 0 Å². The molecule has 206 valence electrons. The van der Waals surface area contributed by atoms with Crippen LogP contribution in [0.25, 0.3) is 21.7 Å². The number of hydrogen-bond acceptors (Lipinski definition) is 6. The molecular weight excluding hydrogens is 533 g/mol. The number of nitrogens with zero attached hydrogens (tertiary/aromatic N) is 1. The second-order valence-corrected chi connectivity index (χ2v) is 13.6. The molecule has 39 heavy (non-hydrogen) atoms. The average Bonchev–Trinajstić information content (AvgIpc) is 3.26. The zero-order chi connectivity index (χ0) is 28.4. The Morgan fingerprint density at radius 2 is 1.79 bits per heavy atom. The topological polar surface area (TPSA) is 94.3 Å². The predicted octanol–water partition coefficient (Wildman–Crippen LogP) is 7.94. The van der Waals surface area contributed by atoms with Gasteiger partial charge in [-0.25, -0.2) is 17.8 Å². The number of nitrogens with two attached hydrogens (primary N) is 1. The predicted molar refractivity (Wildman–Crippen MR) is 158 cm³/mol. The van der Waals surface area contributed by atoms with Gasteiger partial charge < -0.3 is 10.5 Å². The Hall–Kier alpha value is -3.43. The number of halogens is 1. The van der Waals surface area contributed by atoms with Gasteiger partial charge in [0.05, 0.1) is 22.1 Å². The van der Waals surface area contributed by atoms with Gasteiger partial charge in [-0.1, -0.05) is 76.3 Å². The Bertz CT molecular complexity index is 1570. The Morgan fingerprint density at radius 3 is 2.49 bits per heavy atom. The van der Waals surface area contributed by atoms with E-state index in [9.17, 15) is 12.8 Å². The number of thiazole rings is 1. The number of aromatic nitrogens is 1. The second-order valence-electron chi connectivity index (χ2n) is 11.0. The van der Waals surface area contributed by atoms with Gasteiger partial charge in [-0.2, -0.15) is 0 Å². The lowest BCUT2D eigenvalue weighted by molar-refractivity contribution is 0.242. The van der Waals surface area contributed by atoms with Gasteiger partial charge in [0.1, 0.15) is 11.6 Å². The molecule has 4 aromatic rings. The highest BCUT2D eigenvalue weighted by molar-refractivity contribution is 7.93. The maximum atomic E-state index is 14.8. The molecule has 3 aromatic carbocycles. The molecular formula is C30H34FN3O3S2. The van der Waals surface area contributed by atoms with Crippen LogP contribution in [0.3, 0.4) is 0 Å². The van der Waals surface area contributed by atoms with E-state index in [1.165, 1.54) is 24.3 Å². The van der Waals surface area contributed by atoms with E-state index in [-0.39, 0.29) is 21.4 Å². The number of benzene rings is 3. The average molecular weight is 568 g/mol. The van der Waals surface area contributed by atoms with E-state index in [1.807, 2.05) is 24.3 Å². The lowest BCUT2D eigenvalue weighted by atomic mass is 9.93. The van der Waals surface area contributed by atoms with E-state index >= 15 is 0 Å². The summed E-state index contributed by atoms with van der Waals surface area (Å²) < 4.78 is 49.6. The van der Waals surface area contributed by atoms with E-state index in [2.05, 4.69) is 39.3 Å². The first kappa shape index (κ1) is 28.6. The first-order chi connectivity index (χ1) is 18.3. The van der Waals surface area contributed by atoms with Crippen molar-refractivity contribution in [1.82, 2.24) is 4.98 Å². The summed E-state index contributed by atoms with van der Waals surface area (Å²) in [6, 6.07) is 18.4. The molecule has 0 saturated carbocycles. The number of hydrogen-bond donors (Lipinski definition) is 2. The number of ether oxygens (including phenoxy) is 1. The van der Waals surface area contributed by atoms with Crippen LogP contribution in [-0.2, 0) is 10.0 Å². The van der Waals surface area contributed by atoms with Crippen LogP contribution >= 0.6 is 11.3 Å². The monoisotopic (exact) mass is 567 g/mol. The molecule has 3 N–H and O–H groups in total. The third kappa shape index (κ3) is 7.16. The molecule has 1 aromatic heterocycles. The van der Waals surface area contributed by atoms with Crippen molar-refractivity contribution in [2.24, 2.45) is 5.41 Å². The normalized spacial score (nSPS) is 12.1. The summed E-state index contributed by atoms with van der Waals surface area (Å²) in [6.07, 6.45) is 0.808. The number of nitrogen functional groups attached to an aromatic ring is 1. The van der Waals surface area contributed by atoms with Crippen molar-refractivity contribution in [3.63, 3.8) is 0 Å². The molecule has 0 aliphatic heterocycles. The summed E-state index contributed by atoms with van der Waals surface area (Å²) in [7, 11) is -3.95. The van der Waals surface area contributed by atoms with Crippen LogP contribution in [0, 0.1) is 11.2 Å². The van der Waals surface area contributed by atoms with Gasteiger partial charge in [-0.15, -0.1) is 0 Å². The maximum Gasteiger partial charge on any atom is 0.263 e. The Labute approximate surface area is 234 Å². The van der Waals surface area contributed by atoms with Crippen LogP contribution < -0.4 is 15.2 Å². The number of anilines is 2. The molecule has 0 radical (unpaired) electrons.